The van der Waals surface area contributed by atoms with Crippen molar-refractivity contribution in [1.82, 2.24) is 9.80 Å². The topological polar surface area (TPSA) is 142 Å². The number of hydrogen-bond donors (Lipinski definition) is 2. The number of aliphatic carboxylic acids is 1. The molecule has 0 radical (unpaired) electrons. The fourth-order valence-corrected chi connectivity index (χ4v) is 8.28. The molecule has 1 aromatic rings. The molecular weight excluding hydrogens is 599 g/mol. The number of carbonyl (C=O) groups is 5. The predicted molar refractivity (Wildman–Crippen MR) is 148 cm³/mol. The van der Waals surface area contributed by atoms with E-state index in [1.54, 1.807) is 0 Å². The highest BCUT2D eigenvalue weighted by atomic mass is 35.5. The van der Waals surface area contributed by atoms with Crippen LogP contribution in [0.15, 0.2) is 23.8 Å². The number of alkyl halides is 2. The summed E-state index contributed by atoms with van der Waals surface area (Å²) in [7, 11) is 2.64. The number of phenolic OH excluding ortho intramolecular Hbond substituents is 1. The van der Waals surface area contributed by atoms with Gasteiger partial charge in [0.2, 0.25) is 11.8 Å². The zero-order valence-electron chi connectivity index (χ0n) is 22.4. The zero-order chi connectivity index (χ0) is 30.0. The van der Waals surface area contributed by atoms with Crippen LogP contribution in [0.5, 0.6) is 11.5 Å². The monoisotopic (exact) mass is 626 g/mol. The second kappa shape index (κ2) is 10.5. The van der Waals surface area contributed by atoms with Crippen molar-refractivity contribution >= 4 is 64.4 Å². The van der Waals surface area contributed by atoms with E-state index in [1.165, 1.54) is 31.2 Å². The number of likely N-dealkylation sites (tertiary alicyclic amines) is 2. The molecule has 2 heterocycles. The summed E-state index contributed by atoms with van der Waals surface area (Å²) >= 11 is 20.6. The summed E-state index contributed by atoms with van der Waals surface area (Å²) in [5.74, 6) is -6.50. The van der Waals surface area contributed by atoms with E-state index in [-0.39, 0.29) is 54.1 Å². The van der Waals surface area contributed by atoms with Crippen molar-refractivity contribution in [1.29, 1.82) is 0 Å². The number of benzene rings is 1. The first-order valence-electron chi connectivity index (χ1n) is 13.3. The van der Waals surface area contributed by atoms with Gasteiger partial charge in [-0.3, -0.25) is 33.8 Å². The maximum absolute atomic E-state index is 13.8. The van der Waals surface area contributed by atoms with E-state index in [2.05, 4.69) is 0 Å². The number of aromatic hydroxyl groups is 1. The molecule has 13 heteroatoms. The summed E-state index contributed by atoms with van der Waals surface area (Å²) in [4.78, 5) is 63.3. The Bertz CT molecular complexity index is 1400. The maximum Gasteiger partial charge on any atom is 0.303 e. The third-order valence-corrected chi connectivity index (χ3v) is 10.7. The average Bonchev–Trinajstić information content (AvgIpc) is 3.24. The molecule has 1 aromatic carbocycles. The van der Waals surface area contributed by atoms with Gasteiger partial charge >= 0.3 is 5.97 Å². The number of amides is 4. The van der Waals surface area contributed by atoms with Gasteiger partial charge in [0.1, 0.15) is 0 Å². The number of allylic oxidation sites excluding steroid dienone is 2. The smallest absolute Gasteiger partial charge is 0.303 e. The molecule has 10 nitrogen and oxygen atoms in total. The molecular formula is C28H29Cl3N2O8. The number of ether oxygens (including phenoxy) is 1. The lowest BCUT2D eigenvalue weighted by atomic mass is 9.56. The number of hydrogen-bond acceptors (Lipinski definition) is 7. The van der Waals surface area contributed by atoms with Crippen LogP contribution < -0.4 is 4.74 Å². The normalized spacial score (nSPS) is 32.6. The summed E-state index contributed by atoms with van der Waals surface area (Å²) in [5.41, 5.74) is 0.963. The predicted octanol–water partition coefficient (Wildman–Crippen LogP) is 3.69. The van der Waals surface area contributed by atoms with Gasteiger partial charge in [0.05, 0.1) is 24.0 Å². The molecule has 5 rings (SSSR count). The Morgan fingerprint density at radius 3 is 2.44 bits per heavy atom. The molecule has 220 valence electrons. The van der Waals surface area contributed by atoms with Crippen LogP contribution >= 0.6 is 34.8 Å². The molecule has 0 bridgehead atoms. The summed E-state index contributed by atoms with van der Waals surface area (Å²) in [6, 6.07) is 2.91. The minimum atomic E-state index is -1.98. The summed E-state index contributed by atoms with van der Waals surface area (Å²) in [6.07, 6.45) is 3.34. The molecule has 0 aromatic heterocycles. The highest BCUT2D eigenvalue weighted by Gasteiger charge is 2.75. The first-order valence-corrected chi connectivity index (χ1v) is 14.5. The molecule has 41 heavy (non-hydrogen) atoms. The van der Waals surface area contributed by atoms with E-state index >= 15 is 0 Å². The summed E-state index contributed by atoms with van der Waals surface area (Å²) in [6.45, 7) is 0.159. The van der Waals surface area contributed by atoms with Crippen LogP contribution in [0.25, 0.3) is 0 Å². The number of rotatable bonds is 8. The fraction of sp³-hybridized carbons (Fsp3) is 0.536. The van der Waals surface area contributed by atoms with Gasteiger partial charge < -0.3 is 14.9 Å². The van der Waals surface area contributed by atoms with Crippen LogP contribution in [0.3, 0.4) is 0 Å². The molecule has 4 amide bonds. The van der Waals surface area contributed by atoms with Crippen LogP contribution in [0.1, 0.15) is 50.0 Å². The van der Waals surface area contributed by atoms with Gasteiger partial charge in [-0.15, -0.1) is 23.2 Å². The van der Waals surface area contributed by atoms with Crippen LogP contribution in [0, 0.1) is 17.8 Å². The van der Waals surface area contributed by atoms with Gasteiger partial charge in [-0.05, 0) is 49.3 Å². The molecule has 2 N–H and O–H groups in total. The van der Waals surface area contributed by atoms with Crippen molar-refractivity contribution in [3.63, 3.8) is 0 Å². The molecule has 2 saturated heterocycles. The zero-order valence-corrected chi connectivity index (χ0v) is 24.6. The number of halogens is 3. The van der Waals surface area contributed by atoms with E-state index in [0.717, 1.165) is 4.90 Å². The number of phenols is 1. The summed E-state index contributed by atoms with van der Waals surface area (Å²) in [5, 5.41) is 19.2. The Labute approximate surface area is 251 Å². The lowest BCUT2D eigenvalue weighted by molar-refractivity contribution is -0.141. The van der Waals surface area contributed by atoms with E-state index < -0.39 is 51.2 Å². The average molecular weight is 628 g/mol. The largest absolute Gasteiger partial charge is 0.503 e. The lowest BCUT2D eigenvalue weighted by Crippen LogP contribution is -2.60. The Kier molecular flexibility index (Phi) is 7.58. The standard InChI is InChI=1S/C28H29Cl3N2O8/c1-32-25(39)27(30)12-16-14(21(28(27,31)26(32)40)13-10-17(29)22(36)18(11-13)41-2)7-8-15-20(16)24(38)33(23(15)37)9-5-3-4-6-19(34)35/h7,10-11,15-16,20-21,36H,3-6,8-9,12H2,1-2H3,(H,34,35)/t15-,16+,20-,21-,27+,28-/m0/s1. The van der Waals surface area contributed by atoms with Crippen molar-refractivity contribution in [2.45, 2.75) is 54.2 Å². The number of imide groups is 2. The van der Waals surface area contributed by atoms with Gasteiger partial charge in [0.15, 0.2) is 21.2 Å². The third kappa shape index (κ3) is 4.24. The van der Waals surface area contributed by atoms with E-state index in [9.17, 15) is 29.1 Å². The number of fused-ring (bicyclic) bond motifs is 4. The second-order valence-electron chi connectivity index (χ2n) is 11.1. The molecule has 0 unspecified atom stereocenters. The van der Waals surface area contributed by atoms with E-state index in [4.69, 9.17) is 44.6 Å². The lowest BCUT2D eigenvalue weighted by Gasteiger charge is -2.50. The van der Waals surface area contributed by atoms with Gasteiger partial charge in [-0.25, -0.2) is 0 Å². The highest BCUT2D eigenvalue weighted by Crippen LogP contribution is 2.65. The quantitative estimate of drug-likeness (QED) is 0.192. The van der Waals surface area contributed by atoms with E-state index in [1.807, 2.05) is 6.08 Å². The van der Waals surface area contributed by atoms with E-state index in [0.29, 0.717) is 30.4 Å². The number of carbonyl (C=O) groups excluding carboxylic acids is 4. The first kappa shape index (κ1) is 29.7. The van der Waals surface area contributed by atoms with Crippen molar-refractivity contribution in [3.8, 4) is 11.5 Å². The van der Waals surface area contributed by atoms with Gasteiger partial charge in [-0.1, -0.05) is 29.7 Å². The Morgan fingerprint density at radius 2 is 1.78 bits per heavy atom. The number of methoxy groups -OCH3 is 1. The number of carboxylic acids is 1. The molecule has 2 aliphatic carbocycles. The van der Waals surface area contributed by atoms with Crippen molar-refractivity contribution in [2.24, 2.45) is 17.8 Å². The molecule has 2 aliphatic heterocycles. The molecule has 0 spiro atoms. The number of unbranched alkanes of at least 4 members (excludes halogenated alkanes) is 2. The SMILES string of the molecule is COc1cc([C@H]2C3=CC[C@@H]4C(=O)N(CCCCCC(=O)O)C(=O)[C@@H]4[C@@H]3C[C@@]3(Cl)C(=O)N(C)C(=O)[C@@]23Cl)cc(Cl)c1O. The second-order valence-corrected chi connectivity index (χ2v) is 12.7. The van der Waals surface area contributed by atoms with Crippen LogP contribution in [0.2, 0.25) is 5.02 Å². The van der Waals surface area contributed by atoms with Gasteiger partial charge in [-0.2, -0.15) is 0 Å². The first-order chi connectivity index (χ1) is 19.3. The molecule has 6 atom stereocenters. The Hall–Kier alpha value is -2.82. The summed E-state index contributed by atoms with van der Waals surface area (Å²) < 4.78 is 5.28. The van der Waals surface area contributed by atoms with Crippen molar-refractivity contribution < 1.29 is 38.9 Å². The van der Waals surface area contributed by atoms with Crippen molar-refractivity contribution in [2.75, 3.05) is 20.7 Å². The van der Waals surface area contributed by atoms with Crippen LogP contribution in [0.4, 0.5) is 0 Å². The molecule has 3 fully saturated rings. The Morgan fingerprint density at radius 1 is 1.07 bits per heavy atom. The highest BCUT2D eigenvalue weighted by molar-refractivity contribution is 6.53. The third-order valence-electron chi connectivity index (χ3n) is 8.98. The fourth-order valence-electron chi connectivity index (χ4n) is 7.04. The molecule has 1 saturated carbocycles. The van der Waals surface area contributed by atoms with Crippen molar-refractivity contribution in [3.05, 3.63) is 34.4 Å². The van der Waals surface area contributed by atoms with Gasteiger partial charge in [0, 0.05) is 25.9 Å². The number of nitrogens with zero attached hydrogens (tertiary/aromatic N) is 2. The maximum atomic E-state index is 13.8. The Balaban J connectivity index is 1.56. The minimum Gasteiger partial charge on any atom is -0.503 e. The van der Waals surface area contributed by atoms with Gasteiger partial charge in [0.25, 0.3) is 11.8 Å². The van der Waals surface area contributed by atoms with Crippen LogP contribution in [-0.4, -0.2) is 80.1 Å². The minimum absolute atomic E-state index is 0.00905. The molecule has 4 aliphatic rings. The number of carboxylic acid groups (broad SMARTS) is 1. The van der Waals surface area contributed by atoms with Crippen LogP contribution in [-0.2, 0) is 24.0 Å².